The highest BCUT2D eigenvalue weighted by atomic mass is 79.9. The molecule has 0 bridgehead atoms. The van der Waals surface area contributed by atoms with E-state index in [9.17, 15) is 4.79 Å². The molecule has 0 aliphatic rings. The largest absolute Gasteiger partial charge is 0.352 e. The van der Waals surface area contributed by atoms with Crippen LogP contribution >= 0.6 is 50.7 Å². The summed E-state index contributed by atoms with van der Waals surface area (Å²) in [4.78, 5) is 12.0. The van der Waals surface area contributed by atoms with Gasteiger partial charge >= 0.3 is 0 Å². The van der Waals surface area contributed by atoms with E-state index in [0.29, 0.717) is 33.6 Å². The van der Waals surface area contributed by atoms with Gasteiger partial charge in [-0.2, -0.15) is 0 Å². The lowest BCUT2D eigenvalue weighted by atomic mass is 10.1. The fourth-order valence-electron chi connectivity index (χ4n) is 1.82. The molecule has 0 saturated heterocycles. The van der Waals surface area contributed by atoms with Crippen molar-refractivity contribution in [2.45, 2.75) is 6.42 Å². The van der Waals surface area contributed by atoms with E-state index >= 15 is 0 Å². The zero-order valence-electron chi connectivity index (χ0n) is 10.8. The van der Waals surface area contributed by atoms with E-state index < -0.39 is 0 Å². The summed E-state index contributed by atoms with van der Waals surface area (Å²) in [5.41, 5.74) is 1.45. The van der Waals surface area contributed by atoms with Crippen molar-refractivity contribution in [3.8, 4) is 0 Å². The van der Waals surface area contributed by atoms with Gasteiger partial charge in [-0.1, -0.05) is 56.8 Å². The van der Waals surface area contributed by atoms with Crippen LogP contribution in [-0.4, -0.2) is 12.5 Å². The number of halogens is 4. The summed E-state index contributed by atoms with van der Waals surface area (Å²) in [7, 11) is 0. The van der Waals surface area contributed by atoms with Crippen LogP contribution in [0.15, 0.2) is 40.9 Å². The van der Waals surface area contributed by atoms with E-state index in [2.05, 4.69) is 21.2 Å². The molecule has 0 spiro atoms. The standard InChI is InChI=1S/C15H11BrCl3NO/c16-11-5-10(6-13(18)7-11)15(21)20-4-3-9-1-2-12(17)8-14(9)19/h1-2,5-8H,3-4H2,(H,20,21). The molecule has 2 rings (SSSR count). The van der Waals surface area contributed by atoms with Crippen molar-refractivity contribution in [2.24, 2.45) is 0 Å². The van der Waals surface area contributed by atoms with Crippen molar-refractivity contribution in [3.05, 3.63) is 67.1 Å². The zero-order valence-corrected chi connectivity index (χ0v) is 14.7. The molecule has 1 amide bonds. The van der Waals surface area contributed by atoms with E-state index in [1.807, 2.05) is 6.07 Å². The number of rotatable bonds is 4. The van der Waals surface area contributed by atoms with Crippen LogP contribution in [0.3, 0.4) is 0 Å². The number of hydrogen-bond acceptors (Lipinski definition) is 1. The van der Waals surface area contributed by atoms with Gasteiger partial charge in [0, 0.05) is 31.6 Å². The molecule has 0 aromatic heterocycles. The quantitative estimate of drug-likeness (QED) is 0.724. The average Bonchev–Trinajstić information content (AvgIpc) is 2.40. The maximum atomic E-state index is 12.0. The highest BCUT2D eigenvalue weighted by Gasteiger charge is 2.08. The van der Waals surface area contributed by atoms with E-state index in [1.54, 1.807) is 30.3 Å². The second kappa shape index (κ2) is 7.50. The van der Waals surface area contributed by atoms with E-state index in [-0.39, 0.29) is 5.91 Å². The molecule has 2 aromatic carbocycles. The predicted molar refractivity (Wildman–Crippen MR) is 91.7 cm³/mol. The van der Waals surface area contributed by atoms with Crippen molar-refractivity contribution >= 4 is 56.6 Å². The van der Waals surface area contributed by atoms with Crippen molar-refractivity contribution < 1.29 is 4.79 Å². The number of carbonyl (C=O) groups excluding carboxylic acids is 1. The van der Waals surface area contributed by atoms with Gasteiger partial charge in [0.1, 0.15) is 0 Å². The van der Waals surface area contributed by atoms with Gasteiger partial charge in [-0.05, 0) is 42.3 Å². The van der Waals surface area contributed by atoms with Crippen molar-refractivity contribution in [2.75, 3.05) is 6.54 Å². The summed E-state index contributed by atoms with van der Waals surface area (Å²) in [6.07, 6.45) is 0.628. The molecule has 0 radical (unpaired) electrons. The number of amides is 1. The zero-order chi connectivity index (χ0) is 15.4. The molecule has 1 N–H and O–H groups in total. The molecule has 0 atom stereocenters. The Morgan fingerprint density at radius 1 is 1.05 bits per heavy atom. The Labute approximate surface area is 146 Å². The maximum absolute atomic E-state index is 12.0. The molecule has 2 nitrogen and oxygen atoms in total. The molecule has 2 aromatic rings. The summed E-state index contributed by atoms with van der Waals surface area (Å²) in [6.45, 7) is 0.477. The SMILES string of the molecule is O=C(NCCc1ccc(Cl)cc1Cl)c1cc(Cl)cc(Br)c1. The molecule has 0 saturated carbocycles. The monoisotopic (exact) mass is 405 g/mol. The molecule has 21 heavy (non-hydrogen) atoms. The second-order valence-corrected chi connectivity index (χ2v) is 6.60. The van der Waals surface area contributed by atoms with Crippen LogP contribution in [0.5, 0.6) is 0 Å². The third kappa shape index (κ3) is 4.89. The molecule has 6 heteroatoms. The number of nitrogens with one attached hydrogen (secondary N) is 1. The summed E-state index contributed by atoms with van der Waals surface area (Å²) in [5, 5.41) is 4.54. The lowest BCUT2D eigenvalue weighted by Gasteiger charge is -2.08. The lowest BCUT2D eigenvalue weighted by Crippen LogP contribution is -2.25. The van der Waals surface area contributed by atoms with Crippen LogP contribution in [0.4, 0.5) is 0 Å². The first-order valence-electron chi connectivity index (χ1n) is 6.14. The normalized spacial score (nSPS) is 10.5. The molecule has 0 aliphatic heterocycles. The first kappa shape index (κ1) is 16.6. The summed E-state index contributed by atoms with van der Waals surface area (Å²) >= 11 is 21.2. The fraction of sp³-hybridized carbons (Fsp3) is 0.133. The van der Waals surface area contributed by atoms with Crippen molar-refractivity contribution in [3.63, 3.8) is 0 Å². The lowest BCUT2D eigenvalue weighted by molar-refractivity contribution is 0.0954. The third-order valence-electron chi connectivity index (χ3n) is 2.82. The van der Waals surface area contributed by atoms with Gasteiger partial charge in [0.05, 0.1) is 0 Å². The molecule has 0 aliphatic carbocycles. The number of carbonyl (C=O) groups is 1. The number of benzene rings is 2. The highest BCUT2D eigenvalue weighted by Crippen LogP contribution is 2.21. The fourth-order valence-corrected chi connectivity index (χ4v) is 3.19. The first-order valence-corrected chi connectivity index (χ1v) is 8.06. The van der Waals surface area contributed by atoms with Gasteiger partial charge in [0.15, 0.2) is 0 Å². The van der Waals surface area contributed by atoms with Gasteiger partial charge in [-0.3, -0.25) is 4.79 Å². The second-order valence-electron chi connectivity index (χ2n) is 4.40. The number of hydrogen-bond donors (Lipinski definition) is 1. The van der Waals surface area contributed by atoms with Gasteiger partial charge < -0.3 is 5.32 Å². The Hall–Kier alpha value is -0.740. The maximum Gasteiger partial charge on any atom is 0.251 e. The minimum atomic E-state index is -0.178. The Morgan fingerprint density at radius 2 is 1.81 bits per heavy atom. The van der Waals surface area contributed by atoms with E-state index in [1.165, 1.54) is 0 Å². The van der Waals surface area contributed by atoms with Crippen LogP contribution in [0.25, 0.3) is 0 Å². The van der Waals surface area contributed by atoms with Crippen LogP contribution < -0.4 is 5.32 Å². The summed E-state index contributed by atoms with van der Waals surface area (Å²) in [6, 6.07) is 10.4. The Kier molecular flexibility index (Phi) is 5.94. The molecule has 0 unspecified atom stereocenters. The smallest absolute Gasteiger partial charge is 0.251 e. The van der Waals surface area contributed by atoms with Gasteiger partial charge in [0.25, 0.3) is 5.91 Å². The molecule has 0 fully saturated rings. The minimum Gasteiger partial charge on any atom is -0.352 e. The Morgan fingerprint density at radius 3 is 2.48 bits per heavy atom. The van der Waals surface area contributed by atoms with E-state index in [4.69, 9.17) is 34.8 Å². The van der Waals surface area contributed by atoms with Gasteiger partial charge in [-0.25, -0.2) is 0 Å². The van der Waals surface area contributed by atoms with Crippen LogP contribution in [0.2, 0.25) is 15.1 Å². The first-order chi connectivity index (χ1) is 9.95. The molecular weight excluding hydrogens is 396 g/mol. The van der Waals surface area contributed by atoms with Gasteiger partial charge in [-0.15, -0.1) is 0 Å². The van der Waals surface area contributed by atoms with Gasteiger partial charge in [0.2, 0.25) is 0 Å². The Balaban J connectivity index is 1.95. The summed E-state index contributed by atoms with van der Waals surface area (Å²) < 4.78 is 0.765. The topological polar surface area (TPSA) is 29.1 Å². The highest BCUT2D eigenvalue weighted by molar-refractivity contribution is 9.10. The van der Waals surface area contributed by atoms with Crippen molar-refractivity contribution in [1.82, 2.24) is 5.32 Å². The molecule has 110 valence electrons. The Bertz CT molecular complexity index is 656. The minimum absolute atomic E-state index is 0.178. The third-order valence-corrected chi connectivity index (χ3v) is 4.08. The van der Waals surface area contributed by atoms with Crippen molar-refractivity contribution in [1.29, 1.82) is 0 Å². The molecular formula is C15H11BrCl3NO. The average molecular weight is 408 g/mol. The van der Waals surface area contributed by atoms with Crippen LogP contribution in [0, 0.1) is 0 Å². The van der Waals surface area contributed by atoms with Crippen LogP contribution in [0.1, 0.15) is 15.9 Å². The van der Waals surface area contributed by atoms with Crippen LogP contribution in [-0.2, 0) is 6.42 Å². The predicted octanol–water partition coefficient (Wildman–Crippen LogP) is 5.38. The summed E-state index contributed by atoms with van der Waals surface area (Å²) in [5.74, 6) is -0.178. The van der Waals surface area contributed by atoms with E-state index in [0.717, 1.165) is 10.0 Å². The molecule has 0 heterocycles.